The highest BCUT2D eigenvalue weighted by Gasteiger charge is 2.45. The van der Waals surface area contributed by atoms with Crippen molar-refractivity contribution in [2.45, 2.75) is 84.5 Å². The molecule has 0 bridgehead atoms. The van der Waals surface area contributed by atoms with E-state index in [2.05, 4.69) is 166 Å². The van der Waals surface area contributed by atoms with Gasteiger partial charge < -0.3 is 4.90 Å². The zero-order valence-electron chi connectivity index (χ0n) is 28.8. The molecule has 6 rings (SSSR count). The molecule has 0 amide bonds. The monoisotopic (exact) mass is 607 g/mol. The largest absolute Gasteiger partial charge is 0.344 e. The first-order valence-corrected chi connectivity index (χ1v) is 17.5. The lowest BCUT2D eigenvalue weighted by atomic mass is 9.79. The number of nitrogens with zero attached hydrogens (tertiary/aromatic N) is 2. The number of hydrogen-bond donors (Lipinski definition) is 0. The summed E-state index contributed by atoms with van der Waals surface area (Å²) in [5.74, 6) is 0. The van der Waals surface area contributed by atoms with Gasteiger partial charge >= 0.3 is 0 Å². The Morgan fingerprint density at radius 2 is 1.28 bits per heavy atom. The average Bonchev–Trinajstić information content (AvgIpc) is 3.41. The molecule has 46 heavy (non-hydrogen) atoms. The Morgan fingerprint density at radius 3 is 2.00 bits per heavy atom. The molecule has 2 aliphatic rings. The van der Waals surface area contributed by atoms with Crippen LogP contribution in [0.1, 0.15) is 84.8 Å². The molecular weight excluding hydrogens is 556 g/mol. The summed E-state index contributed by atoms with van der Waals surface area (Å²) in [7, 11) is 0. The maximum Gasteiger partial charge on any atom is 0.210 e. The van der Waals surface area contributed by atoms with Crippen molar-refractivity contribution in [3.05, 3.63) is 132 Å². The fourth-order valence-electron chi connectivity index (χ4n) is 7.96. The van der Waals surface area contributed by atoms with E-state index in [1.54, 1.807) is 0 Å². The molecule has 0 aliphatic carbocycles. The summed E-state index contributed by atoms with van der Waals surface area (Å²) in [6.07, 6.45) is 21.8. The number of unbranched alkanes of at least 4 members (excludes halogenated alkanes) is 3. The first-order valence-electron chi connectivity index (χ1n) is 17.5. The van der Waals surface area contributed by atoms with Crippen molar-refractivity contribution in [1.29, 1.82) is 0 Å². The van der Waals surface area contributed by atoms with Gasteiger partial charge in [-0.25, -0.2) is 0 Å². The van der Waals surface area contributed by atoms with Gasteiger partial charge in [-0.1, -0.05) is 132 Å². The molecule has 0 aromatic heterocycles. The number of rotatable bonds is 11. The van der Waals surface area contributed by atoms with Crippen LogP contribution in [0.5, 0.6) is 0 Å². The third-order valence-corrected chi connectivity index (χ3v) is 10.1. The summed E-state index contributed by atoms with van der Waals surface area (Å²) in [4.78, 5) is 2.59. The van der Waals surface area contributed by atoms with Crippen LogP contribution in [-0.2, 0) is 10.8 Å². The van der Waals surface area contributed by atoms with Crippen LogP contribution in [0.3, 0.4) is 0 Å². The Kier molecular flexibility index (Phi) is 9.18. The number of fused-ring (bicyclic) bond motifs is 6. The molecule has 2 heterocycles. The van der Waals surface area contributed by atoms with Gasteiger partial charge in [-0.2, -0.15) is 4.58 Å². The van der Waals surface area contributed by atoms with E-state index in [9.17, 15) is 0 Å². The van der Waals surface area contributed by atoms with Gasteiger partial charge in [0.05, 0.1) is 5.41 Å². The lowest BCUT2D eigenvalue weighted by Crippen LogP contribution is -2.28. The van der Waals surface area contributed by atoms with Crippen molar-refractivity contribution in [3.63, 3.8) is 0 Å². The van der Waals surface area contributed by atoms with Crippen LogP contribution in [0.25, 0.3) is 21.5 Å². The second-order valence-electron chi connectivity index (χ2n) is 14.0. The second-order valence-corrected chi connectivity index (χ2v) is 14.0. The van der Waals surface area contributed by atoms with Gasteiger partial charge in [-0.3, -0.25) is 0 Å². The minimum Gasteiger partial charge on any atom is -0.344 e. The molecule has 2 heteroatoms. The van der Waals surface area contributed by atoms with E-state index in [0.717, 1.165) is 19.5 Å². The summed E-state index contributed by atoms with van der Waals surface area (Å²) in [6.45, 7) is 16.2. The van der Waals surface area contributed by atoms with Gasteiger partial charge in [0.1, 0.15) is 6.54 Å². The first kappa shape index (κ1) is 31.8. The molecule has 0 atom stereocenters. The molecule has 4 aromatic rings. The predicted octanol–water partition coefficient (Wildman–Crippen LogP) is 11.7. The van der Waals surface area contributed by atoms with Crippen molar-refractivity contribution in [2.75, 3.05) is 18.0 Å². The molecule has 4 aromatic carbocycles. The molecule has 0 unspecified atom stereocenters. The summed E-state index contributed by atoms with van der Waals surface area (Å²) in [5, 5.41) is 5.38. The van der Waals surface area contributed by atoms with Crippen LogP contribution < -0.4 is 4.90 Å². The van der Waals surface area contributed by atoms with Gasteiger partial charge in [0.15, 0.2) is 5.71 Å². The number of benzene rings is 4. The van der Waals surface area contributed by atoms with Gasteiger partial charge in [0, 0.05) is 47.5 Å². The van der Waals surface area contributed by atoms with E-state index in [1.165, 1.54) is 81.1 Å². The second kappa shape index (κ2) is 13.3. The lowest BCUT2D eigenvalue weighted by Gasteiger charge is -2.27. The molecule has 0 N–H and O–H groups in total. The Bertz CT molecular complexity index is 1890. The Hall–Kier alpha value is -4.17. The van der Waals surface area contributed by atoms with Crippen LogP contribution in [0.4, 0.5) is 11.4 Å². The maximum absolute atomic E-state index is 2.59. The molecular formula is C44H51N2+. The minimum absolute atomic E-state index is 0.0657. The van der Waals surface area contributed by atoms with Gasteiger partial charge in [0.25, 0.3) is 0 Å². The normalized spacial score (nSPS) is 18.0. The predicted molar refractivity (Wildman–Crippen MR) is 201 cm³/mol. The Morgan fingerprint density at radius 1 is 0.630 bits per heavy atom. The quantitative estimate of drug-likeness (QED) is 0.0934. The zero-order valence-corrected chi connectivity index (χ0v) is 28.8. The van der Waals surface area contributed by atoms with Crippen LogP contribution in [0.2, 0.25) is 0 Å². The van der Waals surface area contributed by atoms with Crippen molar-refractivity contribution in [2.24, 2.45) is 0 Å². The molecule has 0 spiro atoms. The minimum atomic E-state index is -0.0679. The fraction of sp³-hybridized carbons (Fsp3) is 0.341. The van der Waals surface area contributed by atoms with Crippen LogP contribution in [0.15, 0.2) is 121 Å². The van der Waals surface area contributed by atoms with E-state index in [-0.39, 0.29) is 10.8 Å². The van der Waals surface area contributed by atoms with E-state index >= 15 is 0 Å². The van der Waals surface area contributed by atoms with Crippen LogP contribution in [-0.4, -0.2) is 23.4 Å². The third kappa shape index (κ3) is 5.68. The van der Waals surface area contributed by atoms with E-state index in [4.69, 9.17) is 0 Å². The Labute approximate surface area is 277 Å². The molecule has 0 saturated heterocycles. The Balaban J connectivity index is 1.25. The molecule has 0 radical (unpaired) electrons. The number of hydrogen-bond acceptors (Lipinski definition) is 1. The summed E-state index contributed by atoms with van der Waals surface area (Å²) in [5.41, 5.74) is 8.26. The van der Waals surface area contributed by atoms with E-state index in [0.29, 0.717) is 0 Å². The third-order valence-electron chi connectivity index (χ3n) is 10.1. The summed E-state index contributed by atoms with van der Waals surface area (Å²) in [6, 6.07) is 26.9. The van der Waals surface area contributed by atoms with Gasteiger partial charge in [0.2, 0.25) is 5.69 Å². The zero-order chi connectivity index (χ0) is 32.3. The highest BCUT2D eigenvalue weighted by Crippen LogP contribution is 2.51. The van der Waals surface area contributed by atoms with Crippen molar-refractivity contribution >= 4 is 38.6 Å². The average molecular weight is 608 g/mol. The highest BCUT2D eigenvalue weighted by atomic mass is 15.2. The molecule has 236 valence electrons. The molecule has 0 saturated carbocycles. The lowest BCUT2D eigenvalue weighted by molar-refractivity contribution is -0.437. The van der Waals surface area contributed by atoms with Crippen LogP contribution >= 0.6 is 0 Å². The van der Waals surface area contributed by atoms with Crippen molar-refractivity contribution in [3.8, 4) is 0 Å². The van der Waals surface area contributed by atoms with Gasteiger partial charge in [-0.05, 0) is 65.6 Å². The molecule has 2 aliphatic heterocycles. The fourth-order valence-corrected chi connectivity index (χ4v) is 7.96. The molecule has 0 fully saturated rings. The number of anilines is 1. The first-order chi connectivity index (χ1) is 22.3. The highest BCUT2D eigenvalue weighted by molar-refractivity contribution is 6.07. The van der Waals surface area contributed by atoms with Crippen LogP contribution in [0, 0.1) is 0 Å². The molecule has 2 nitrogen and oxygen atoms in total. The van der Waals surface area contributed by atoms with E-state index in [1.807, 2.05) is 0 Å². The summed E-state index contributed by atoms with van der Waals surface area (Å²) < 4.78 is 2.53. The van der Waals surface area contributed by atoms with Gasteiger partial charge in [-0.15, -0.1) is 0 Å². The topological polar surface area (TPSA) is 6.25 Å². The maximum atomic E-state index is 2.59. The SMILES string of the molecule is CCCCCCN1\C(=C/C=C/C=C/C=C/C2=[N+](CCC)c3ccc4ccccc4c3C2(C)C)C(C)(C)c2c1ccc1ccccc21. The standard InChI is InChI=1S/C44H51N2/c1-7-9-10-20-32-46-38-30-28-34-22-17-19-24-36(34)42(38)44(5,6)40(46)26-15-13-11-12-14-25-39-43(3,4)41-35-23-18-16-21-33(35)27-29-37(41)45(39)31-8-2/h11-19,21-30H,7-10,20,31-32H2,1-6H3/q+1. The van der Waals surface area contributed by atoms with Crippen molar-refractivity contribution < 1.29 is 4.58 Å². The summed E-state index contributed by atoms with van der Waals surface area (Å²) >= 11 is 0. The number of allylic oxidation sites excluding steroid dienone is 8. The smallest absolute Gasteiger partial charge is 0.210 e. The van der Waals surface area contributed by atoms with Crippen molar-refractivity contribution in [1.82, 2.24) is 0 Å². The van der Waals surface area contributed by atoms with E-state index < -0.39 is 0 Å².